The molecule has 0 aliphatic rings. The van der Waals surface area contributed by atoms with Crippen molar-refractivity contribution in [3.63, 3.8) is 0 Å². The number of halogens is 2. The molecule has 1 N–H and O–H groups in total. The van der Waals surface area contributed by atoms with E-state index in [-0.39, 0.29) is 30.5 Å². The van der Waals surface area contributed by atoms with Crippen LogP contribution in [0.4, 0.5) is 8.78 Å². The number of carbonyl (C=O) groups excluding carboxylic acids is 2. The van der Waals surface area contributed by atoms with Gasteiger partial charge in [-0.2, -0.15) is 0 Å². The highest BCUT2D eigenvalue weighted by Crippen LogP contribution is 2.06. The number of benzene rings is 2. The van der Waals surface area contributed by atoms with E-state index in [4.69, 9.17) is 0 Å². The standard InChI is InChI=1S/C17H15F2NO2/c18-14-7-5-13(6-8-14)16(21)11-20-17(22)9-4-12-2-1-3-15(19)10-12/h1-3,5-8,10H,4,9,11H2,(H,20,22). The number of rotatable bonds is 6. The lowest BCUT2D eigenvalue weighted by Gasteiger charge is -2.05. The van der Waals surface area contributed by atoms with Crippen molar-refractivity contribution in [1.29, 1.82) is 0 Å². The van der Waals surface area contributed by atoms with Crippen LogP contribution in [0.25, 0.3) is 0 Å². The van der Waals surface area contributed by atoms with Crippen LogP contribution in [-0.2, 0) is 11.2 Å². The largest absolute Gasteiger partial charge is 0.349 e. The molecule has 0 aliphatic heterocycles. The van der Waals surface area contributed by atoms with Crippen molar-refractivity contribution >= 4 is 11.7 Å². The summed E-state index contributed by atoms with van der Waals surface area (Å²) >= 11 is 0. The van der Waals surface area contributed by atoms with E-state index >= 15 is 0 Å². The van der Waals surface area contributed by atoms with Gasteiger partial charge in [0.05, 0.1) is 6.54 Å². The number of Topliss-reactive ketones (excluding diaryl/α,β-unsaturated/α-hetero) is 1. The molecule has 114 valence electrons. The Morgan fingerprint density at radius 2 is 1.68 bits per heavy atom. The third-order valence-electron chi connectivity index (χ3n) is 3.14. The first-order chi connectivity index (χ1) is 10.5. The van der Waals surface area contributed by atoms with Gasteiger partial charge in [0.1, 0.15) is 11.6 Å². The van der Waals surface area contributed by atoms with Crippen molar-refractivity contribution in [2.24, 2.45) is 0 Å². The molecule has 0 radical (unpaired) electrons. The lowest BCUT2D eigenvalue weighted by Crippen LogP contribution is -2.29. The summed E-state index contributed by atoms with van der Waals surface area (Å²) in [5.41, 5.74) is 1.06. The summed E-state index contributed by atoms with van der Waals surface area (Å²) in [4.78, 5) is 23.5. The molecule has 0 saturated heterocycles. The lowest BCUT2D eigenvalue weighted by atomic mass is 10.1. The number of hydrogen-bond donors (Lipinski definition) is 1. The summed E-state index contributed by atoms with van der Waals surface area (Å²) in [5, 5.41) is 2.50. The molecular formula is C17H15F2NO2. The molecule has 2 aromatic carbocycles. The second-order valence-electron chi connectivity index (χ2n) is 4.84. The van der Waals surface area contributed by atoms with Gasteiger partial charge in [-0.05, 0) is 48.4 Å². The number of ketones is 1. The molecular weight excluding hydrogens is 288 g/mol. The van der Waals surface area contributed by atoms with E-state index in [2.05, 4.69) is 5.32 Å². The van der Waals surface area contributed by atoms with Gasteiger partial charge in [-0.25, -0.2) is 8.78 Å². The third kappa shape index (κ3) is 4.77. The monoisotopic (exact) mass is 303 g/mol. The Morgan fingerprint density at radius 1 is 0.955 bits per heavy atom. The van der Waals surface area contributed by atoms with E-state index in [1.807, 2.05) is 0 Å². The Balaban J connectivity index is 1.78. The molecule has 2 rings (SSSR count). The minimum atomic E-state index is -0.421. The summed E-state index contributed by atoms with van der Waals surface area (Å²) in [6, 6.07) is 11.2. The number of aryl methyl sites for hydroxylation is 1. The maximum absolute atomic E-state index is 13.0. The van der Waals surface area contributed by atoms with E-state index in [1.165, 1.54) is 36.4 Å². The third-order valence-corrected chi connectivity index (χ3v) is 3.14. The SMILES string of the molecule is O=C(CCc1cccc(F)c1)NCC(=O)c1ccc(F)cc1. The molecule has 0 atom stereocenters. The average Bonchev–Trinajstić information content (AvgIpc) is 2.51. The summed E-state index contributed by atoms with van der Waals surface area (Å²) < 4.78 is 25.7. The first kappa shape index (κ1) is 15.8. The van der Waals surface area contributed by atoms with Crippen LogP contribution < -0.4 is 5.32 Å². The van der Waals surface area contributed by atoms with Crippen LogP contribution in [0.3, 0.4) is 0 Å². The molecule has 0 fully saturated rings. The zero-order valence-corrected chi connectivity index (χ0v) is 11.8. The summed E-state index contributed by atoms with van der Waals surface area (Å²) in [6.45, 7) is -0.145. The number of nitrogens with one attached hydrogen (secondary N) is 1. The molecule has 0 spiro atoms. The fourth-order valence-electron chi connectivity index (χ4n) is 1.96. The Morgan fingerprint density at radius 3 is 2.36 bits per heavy atom. The topological polar surface area (TPSA) is 46.2 Å². The number of carbonyl (C=O) groups is 2. The van der Waals surface area contributed by atoms with Crippen molar-refractivity contribution in [2.45, 2.75) is 12.8 Å². The maximum atomic E-state index is 13.0. The van der Waals surface area contributed by atoms with E-state index < -0.39 is 5.82 Å². The summed E-state index contributed by atoms with van der Waals surface area (Å²) in [5.74, 6) is -1.35. The van der Waals surface area contributed by atoms with Crippen molar-refractivity contribution in [3.8, 4) is 0 Å². The van der Waals surface area contributed by atoms with Crippen LogP contribution in [0.2, 0.25) is 0 Å². The molecule has 0 unspecified atom stereocenters. The van der Waals surface area contributed by atoms with Crippen molar-refractivity contribution in [2.75, 3.05) is 6.54 Å². The highest BCUT2D eigenvalue weighted by Gasteiger charge is 2.08. The number of hydrogen-bond acceptors (Lipinski definition) is 2. The molecule has 0 aliphatic carbocycles. The minimum absolute atomic E-state index is 0.145. The lowest BCUT2D eigenvalue weighted by molar-refractivity contribution is -0.120. The van der Waals surface area contributed by atoms with Crippen molar-refractivity contribution in [3.05, 3.63) is 71.3 Å². The molecule has 0 heterocycles. The van der Waals surface area contributed by atoms with Gasteiger partial charge in [0, 0.05) is 12.0 Å². The number of amides is 1. The van der Waals surface area contributed by atoms with Crippen LogP contribution in [0.15, 0.2) is 48.5 Å². The van der Waals surface area contributed by atoms with Crippen molar-refractivity contribution in [1.82, 2.24) is 5.32 Å². The highest BCUT2D eigenvalue weighted by molar-refractivity contribution is 5.99. The van der Waals surface area contributed by atoms with Gasteiger partial charge in [-0.3, -0.25) is 9.59 Å². The second kappa shape index (κ2) is 7.45. The van der Waals surface area contributed by atoms with Gasteiger partial charge in [0.15, 0.2) is 5.78 Å². The second-order valence-corrected chi connectivity index (χ2v) is 4.84. The van der Waals surface area contributed by atoms with Crippen LogP contribution in [-0.4, -0.2) is 18.2 Å². The quantitative estimate of drug-likeness (QED) is 0.834. The zero-order valence-electron chi connectivity index (χ0n) is 11.8. The molecule has 22 heavy (non-hydrogen) atoms. The summed E-state index contributed by atoms with van der Waals surface area (Å²) in [7, 11) is 0. The van der Waals surface area contributed by atoms with E-state index in [1.54, 1.807) is 12.1 Å². The fraction of sp³-hybridized carbons (Fsp3) is 0.176. The van der Waals surface area contributed by atoms with Crippen LogP contribution in [0.1, 0.15) is 22.3 Å². The van der Waals surface area contributed by atoms with E-state index in [9.17, 15) is 18.4 Å². The van der Waals surface area contributed by atoms with Gasteiger partial charge in [-0.15, -0.1) is 0 Å². The normalized spacial score (nSPS) is 10.3. The van der Waals surface area contributed by atoms with Crippen LogP contribution in [0, 0.1) is 11.6 Å². The fourth-order valence-corrected chi connectivity index (χ4v) is 1.96. The predicted octanol–water partition coefficient (Wildman–Crippen LogP) is 2.90. The van der Waals surface area contributed by atoms with Gasteiger partial charge in [0.2, 0.25) is 5.91 Å². The Hall–Kier alpha value is -2.56. The first-order valence-corrected chi connectivity index (χ1v) is 6.84. The van der Waals surface area contributed by atoms with Gasteiger partial charge in [0.25, 0.3) is 0 Å². The smallest absolute Gasteiger partial charge is 0.220 e. The molecule has 1 amide bonds. The van der Waals surface area contributed by atoms with Crippen LogP contribution in [0.5, 0.6) is 0 Å². The van der Waals surface area contributed by atoms with E-state index in [0.29, 0.717) is 12.0 Å². The highest BCUT2D eigenvalue weighted by atomic mass is 19.1. The van der Waals surface area contributed by atoms with Gasteiger partial charge < -0.3 is 5.32 Å². The van der Waals surface area contributed by atoms with E-state index in [0.717, 1.165) is 5.56 Å². The zero-order chi connectivity index (χ0) is 15.9. The Labute approximate surface area is 127 Å². The van der Waals surface area contributed by atoms with Crippen LogP contribution >= 0.6 is 0 Å². The predicted molar refractivity (Wildman–Crippen MR) is 78.5 cm³/mol. The molecule has 3 nitrogen and oxygen atoms in total. The average molecular weight is 303 g/mol. The molecule has 5 heteroatoms. The Kier molecular flexibility index (Phi) is 5.36. The molecule has 0 saturated carbocycles. The van der Waals surface area contributed by atoms with Gasteiger partial charge >= 0.3 is 0 Å². The minimum Gasteiger partial charge on any atom is -0.349 e. The summed E-state index contributed by atoms with van der Waals surface area (Å²) in [6.07, 6.45) is 0.564. The molecule has 0 aromatic heterocycles. The first-order valence-electron chi connectivity index (χ1n) is 6.84. The maximum Gasteiger partial charge on any atom is 0.220 e. The Bertz CT molecular complexity index is 669. The van der Waals surface area contributed by atoms with Crippen molar-refractivity contribution < 1.29 is 18.4 Å². The van der Waals surface area contributed by atoms with Gasteiger partial charge in [-0.1, -0.05) is 12.1 Å². The molecule has 0 bridgehead atoms. The molecule has 2 aromatic rings.